The number of rotatable bonds is 8. The van der Waals surface area contributed by atoms with Crippen LogP contribution in [-0.2, 0) is 6.42 Å². The van der Waals surface area contributed by atoms with Gasteiger partial charge in [0.1, 0.15) is 19.5 Å². The highest BCUT2D eigenvalue weighted by molar-refractivity contribution is 6.41. The Bertz CT molecular complexity index is 1310. The van der Waals surface area contributed by atoms with Crippen molar-refractivity contribution >= 4 is 36.5 Å². The van der Waals surface area contributed by atoms with Gasteiger partial charge in [0.25, 0.3) is 0 Å². The lowest BCUT2D eigenvalue weighted by atomic mass is 9.84. The monoisotopic (exact) mass is 497 g/mol. The van der Waals surface area contributed by atoms with Gasteiger partial charge in [0.2, 0.25) is 0 Å². The minimum absolute atomic E-state index is 0.199. The van der Waals surface area contributed by atoms with E-state index in [1.54, 1.807) is 13.1 Å². The second kappa shape index (κ2) is 11.2. The summed E-state index contributed by atoms with van der Waals surface area (Å²) in [5.74, 6) is 0.482. The first-order valence-corrected chi connectivity index (χ1v) is 13.1. The van der Waals surface area contributed by atoms with Crippen LogP contribution >= 0.6 is 0 Å². The zero-order chi connectivity index (χ0) is 26.7. The van der Waals surface area contributed by atoms with Crippen molar-refractivity contribution in [1.29, 1.82) is 5.41 Å². The fourth-order valence-corrected chi connectivity index (χ4v) is 5.34. The molecule has 7 heteroatoms. The Kier molecular flexibility index (Phi) is 8.01. The van der Waals surface area contributed by atoms with Crippen LogP contribution in [0.15, 0.2) is 77.0 Å². The van der Waals surface area contributed by atoms with E-state index in [0.29, 0.717) is 11.5 Å². The van der Waals surface area contributed by atoms with Crippen molar-refractivity contribution in [1.82, 2.24) is 0 Å². The van der Waals surface area contributed by atoms with Crippen molar-refractivity contribution in [2.24, 2.45) is 4.99 Å². The van der Waals surface area contributed by atoms with Gasteiger partial charge >= 0.3 is 0 Å². The molecule has 2 aliphatic rings. The van der Waals surface area contributed by atoms with E-state index in [1.165, 1.54) is 0 Å². The van der Waals surface area contributed by atoms with Crippen molar-refractivity contribution in [2.45, 2.75) is 46.0 Å². The molecule has 0 radical (unpaired) electrons. The number of anilines is 3. The molecule has 0 saturated carbocycles. The van der Waals surface area contributed by atoms with Crippen molar-refractivity contribution in [2.75, 3.05) is 35.3 Å². The molecule has 0 unspecified atom stereocenters. The summed E-state index contributed by atoms with van der Waals surface area (Å²) < 4.78 is 14.8. The number of nitrogens with one attached hydrogen (secondary N) is 2. The molecule has 1 fully saturated rings. The summed E-state index contributed by atoms with van der Waals surface area (Å²) >= 11 is 0. The van der Waals surface area contributed by atoms with Gasteiger partial charge in [-0.05, 0) is 67.6 Å². The molecule has 0 atom stereocenters. The number of aliphatic imine (C=N–C) groups is 1. The third-order valence-electron chi connectivity index (χ3n) is 7.16. The molecular weight excluding hydrogens is 460 g/mol. The summed E-state index contributed by atoms with van der Waals surface area (Å²) in [7, 11) is 3.74. The van der Waals surface area contributed by atoms with Gasteiger partial charge in [-0.2, -0.15) is 0 Å². The predicted octanol–water partition coefficient (Wildman–Crippen LogP) is 5.97. The number of benzene rings is 2. The Morgan fingerprint density at radius 1 is 1.16 bits per heavy atom. The SMILES string of the molecule is BC(=C)/C(=N/C)C1=C(Nc2ccc(CCC)c(F)c2)C(=C)N(c2ccc(N3CCCC3=N)c(C)c2)CC1. The molecule has 192 valence electrons. The minimum Gasteiger partial charge on any atom is -0.353 e. The third kappa shape index (κ3) is 5.41. The molecule has 4 rings (SSSR count). The Hall–Kier alpha value is -3.61. The average molecular weight is 497 g/mol. The number of aryl methyl sites for hydroxylation is 2. The van der Waals surface area contributed by atoms with Crippen LogP contribution in [0.2, 0.25) is 0 Å². The molecule has 2 aromatic rings. The van der Waals surface area contributed by atoms with Gasteiger partial charge in [-0.3, -0.25) is 10.4 Å². The zero-order valence-corrected chi connectivity index (χ0v) is 22.5. The van der Waals surface area contributed by atoms with Gasteiger partial charge in [0, 0.05) is 49.2 Å². The van der Waals surface area contributed by atoms with Gasteiger partial charge in [0.15, 0.2) is 0 Å². The quantitative estimate of drug-likeness (QED) is 0.349. The summed E-state index contributed by atoms with van der Waals surface area (Å²) in [5, 5.41) is 11.7. The highest BCUT2D eigenvalue weighted by Gasteiger charge is 2.27. The van der Waals surface area contributed by atoms with Gasteiger partial charge in [0.05, 0.1) is 17.1 Å². The standard InChI is InChI=1S/C30H37BFN5/c1-6-8-22-10-11-23(18-26(22)32)35-30-21(4)36(16-14-25(30)29(34-5)20(3)31)24-12-13-27(19(2)17-24)37-15-7-9-28(37)33/h10-13,17-18,33,35H,3-4,6-9,14-16,31H2,1-2,5H3/b33-28?,34-29-. The van der Waals surface area contributed by atoms with E-state index < -0.39 is 0 Å². The number of halogens is 1. The van der Waals surface area contributed by atoms with E-state index >= 15 is 0 Å². The van der Waals surface area contributed by atoms with Crippen LogP contribution in [-0.4, -0.2) is 39.5 Å². The molecule has 2 heterocycles. The van der Waals surface area contributed by atoms with E-state index in [0.717, 1.165) is 95.8 Å². The number of amidine groups is 1. The minimum atomic E-state index is -0.199. The van der Waals surface area contributed by atoms with Crippen LogP contribution in [0.5, 0.6) is 0 Å². The molecule has 0 bridgehead atoms. The number of nitrogens with zero attached hydrogens (tertiary/aromatic N) is 3. The summed E-state index contributed by atoms with van der Waals surface area (Å²) in [6.45, 7) is 14.4. The molecule has 0 spiro atoms. The smallest absolute Gasteiger partial charge is 0.141 e. The maximum Gasteiger partial charge on any atom is 0.141 e. The first-order chi connectivity index (χ1) is 17.7. The molecule has 0 aliphatic carbocycles. The van der Waals surface area contributed by atoms with Crippen LogP contribution in [0, 0.1) is 18.2 Å². The highest BCUT2D eigenvalue weighted by Crippen LogP contribution is 2.36. The van der Waals surface area contributed by atoms with E-state index in [2.05, 4.69) is 65.3 Å². The normalized spacial score (nSPS) is 16.6. The average Bonchev–Trinajstić information content (AvgIpc) is 3.28. The third-order valence-corrected chi connectivity index (χ3v) is 7.16. The molecular formula is C30H37BFN5. The fraction of sp³-hybridized carbons (Fsp3) is 0.333. The van der Waals surface area contributed by atoms with E-state index in [9.17, 15) is 4.39 Å². The lowest BCUT2D eigenvalue weighted by Gasteiger charge is -2.36. The second-order valence-electron chi connectivity index (χ2n) is 9.91. The number of hydrogen-bond donors (Lipinski definition) is 2. The molecule has 0 aromatic heterocycles. The topological polar surface area (TPSA) is 54.7 Å². The molecule has 37 heavy (non-hydrogen) atoms. The van der Waals surface area contributed by atoms with E-state index in [4.69, 9.17) is 5.41 Å². The van der Waals surface area contributed by atoms with Crippen LogP contribution in [0.1, 0.15) is 43.7 Å². The molecule has 5 nitrogen and oxygen atoms in total. The van der Waals surface area contributed by atoms with E-state index in [1.807, 2.05) is 20.0 Å². The Labute approximate surface area is 221 Å². The second-order valence-corrected chi connectivity index (χ2v) is 9.91. The van der Waals surface area contributed by atoms with Crippen molar-refractivity contribution in [3.63, 3.8) is 0 Å². The first kappa shape index (κ1) is 26.5. The summed E-state index contributed by atoms with van der Waals surface area (Å²) in [6, 6.07) is 11.7. The van der Waals surface area contributed by atoms with Crippen LogP contribution in [0.25, 0.3) is 0 Å². The maximum absolute atomic E-state index is 14.8. The Morgan fingerprint density at radius 3 is 2.54 bits per heavy atom. The Morgan fingerprint density at radius 2 is 1.95 bits per heavy atom. The van der Waals surface area contributed by atoms with E-state index in [-0.39, 0.29) is 5.82 Å². The molecule has 0 amide bonds. The molecule has 2 aliphatic heterocycles. The van der Waals surface area contributed by atoms with Crippen LogP contribution in [0.3, 0.4) is 0 Å². The van der Waals surface area contributed by atoms with Crippen molar-refractivity contribution < 1.29 is 4.39 Å². The summed E-state index contributed by atoms with van der Waals surface area (Å²) in [4.78, 5) is 8.83. The molecule has 2 aromatic carbocycles. The van der Waals surface area contributed by atoms with Crippen molar-refractivity contribution in [3.05, 3.63) is 88.9 Å². The lowest BCUT2D eigenvalue weighted by molar-refractivity contribution is 0.608. The zero-order valence-electron chi connectivity index (χ0n) is 22.5. The fourth-order valence-electron chi connectivity index (χ4n) is 5.34. The maximum atomic E-state index is 14.8. The lowest BCUT2D eigenvalue weighted by Crippen LogP contribution is -2.34. The summed E-state index contributed by atoms with van der Waals surface area (Å²) in [6.07, 6.45) is 4.22. The van der Waals surface area contributed by atoms with Crippen molar-refractivity contribution in [3.8, 4) is 0 Å². The first-order valence-electron chi connectivity index (χ1n) is 13.1. The molecule has 1 saturated heterocycles. The van der Waals surface area contributed by atoms with Gasteiger partial charge in [-0.1, -0.05) is 31.5 Å². The largest absolute Gasteiger partial charge is 0.353 e. The number of allylic oxidation sites excluding steroid dienone is 1. The van der Waals surface area contributed by atoms with Gasteiger partial charge < -0.3 is 15.1 Å². The summed E-state index contributed by atoms with van der Waals surface area (Å²) in [5.41, 5.74) is 9.10. The number of hydrogen-bond acceptors (Lipinski definition) is 4. The van der Waals surface area contributed by atoms with Gasteiger partial charge in [-0.15, -0.1) is 6.58 Å². The predicted molar refractivity (Wildman–Crippen MR) is 159 cm³/mol. The van der Waals surface area contributed by atoms with Gasteiger partial charge in [-0.25, -0.2) is 4.39 Å². The highest BCUT2D eigenvalue weighted by atomic mass is 19.1. The van der Waals surface area contributed by atoms with Crippen LogP contribution < -0.4 is 15.1 Å². The Balaban J connectivity index is 1.70. The molecule has 2 N–H and O–H groups in total. The van der Waals surface area contributed by atoms with Crippen LogP contribution in [0.4, 0.5) is 21.5 Å².